The molecule has 1 heterocycles. The average molecular weight is 483 g/mol. The Hall–Kier alpha value is -0.480. The second kappa shape index (κ2) is 9.86. The topological polar surface area (TPSA) is 61.8 Å². The van der Waals surface area contributed by atoms with Gasteiger partial charge < -0.3 is 10.2 Å². The van der Waals surface area contributed by atoms with Gasteiger partial charge in [0.15, 0.2) is 15.8 Å². The zero-order chi connectivity index (χ0) is 16.9. The lowest BCUT2D eigenvalue weighted by atomic mass is 10.1. The van der Waals surface area contributed by atoms with Crippen LogP contribution >= 0.6 is 35.7 Å². The molecule has 8 heteroatoms. The molecular weight excluding hydrogens is 457 g/mol. The normalized spacial score (nSPS) is 19.6. The van der Waals surface area contributed by atoms with Crippen LogP contribution in [0.25, 0.3) is 0 Å². The summed E-state index contributed by atoms with van der Waals surface area (Å²) in [5.41, 5.74) is 1.22. The van der Waals surface area contributed by atoms with E-state index in [0.717, 1.165) is 18.9 Å². The monoisotopic (exact) mass is 483 g/mol. The number of thioether (sulfide) groups is 1. The molecule has 0 spiro atoms. The van der Waals surface area contributed by atoms with E-state index in [4.69, 9.17) is 0 Å². The van der Waals surface area contributed by atoms with Crippen molar-refractivity contribution in [2.75, 3.05) is 38.4 Å². The lowest BCUT2D eigenvalue weighted by molar-refractivity contribution is 0.463. The first kappa shape index (κ1) is 21.6. The van der Waals surface area contributed by atoms with Crippen molar-refractivity contribution in [1.82, 2.24) is 10.2 Å². The summed E-state index contributed by atoms with van der Waals surface area (Å²) in [5.74, 6) is 1.58. The van der Waals surface area contributed by atoms with Crippen molar-refractivity contribution in [2.45, 2.75) is 17.9 Å². The van der Waals surface area contributed by atoms with Gasteiger partial charge in [-0.1, -0.05) is 12.1 Å². The predicted molar refractivity (Wildman–Crippen MR) is 113 cm³/mol. The molecule has 1 N–H and O–H groups in total. The molecule has 136 valence electrons. The molecule has 1 atom stereocenters. The summed E-state index contributed by atoms with van der Waals surface area (Å²) in [5, 5.41) is 3.30. The molecule has 24 heavy (non-hydrogen) atoms. The molecule has 1 fully saturated rings. The first-order valence-electron chi connectivity index (χ1n) is 7.68. The molecule has 1 aromatic rings. The van der Waals surface area contributed by atoms with Gasteiger partial charge >= 0.3 is 0 Å². The fourth-order valence-corrected chi connectivity index (χ4v) is 5.00. The molecule has 0 radical (unpaired) electrons. The number of sulfone groups is 1. The second-order valence-electron chi connectivity index (χ2n) is 5.90. The van der Waals surface area contributed by atoms with Crippen LogP contribution in [0.1, 0.15) is 12.0 Å². The number of nitrogens with zero attached hydrogens (tertiary/aromatic N) is 2. The van der Waals surface area contributed by atoms with Crippen molar-refractivity contribution >= 4 is 51.5 Å². The highest BCUT2D eigenvalue weighted by atomic mass is 127. The van der Waals surface area contributed by atoms with Crippen LogP contribution in [0.2, 0.25) is 0 Å². The van der Waals surface area contributed by atoms with Gasteiger partial charge in [-0.25, -0.2) is 8.42 Å². The minimum absolute atomic E-state index is 0. The van der Waals surface area contributed by atoms with Crippen LogP contribution in [0, 0.1) is 5.92 Å². The van der Waals surface area contributed by atoms with Gasteiger partial charge in [-0.05, 0) is 36.3 Å². The number of hydrogen-bond donors (Lipinski definition) is 1. The van der Waals surface area contributed by atoms with Gasteiger partial charge in [0.25, 0.3) is 0 Å². The lowest BCUT2D eigenvalue weighted by Crippen LogP contribution is -2.40. The summed E-state index contributed by atoms with van der Waals surface area (Å²) >= 11 is 1.73. The number of nitrogens with one attached hydrogen (secondary N) is 1. The van der Waals surface area contributed by atoms with Crippen LogP contribution in [0.5, 0.6) is 0 Å². The second-order valence-corrected chi connectivity index (χ2v) is 9.01. The van der Waals surface area contributed by atoms with Gasteiger partial charge in [-0.2, -0.15) is 0 Å². The number of rotatable bonds is 5. The van der Waals surface area contributed by atoms with Crippen LogP contribution in [-0.2, 0) is 16.4 Å². The maximum atomic E-state index is 11.5. The summed E-state index contributed by atoms with van der Waals surface area (Å²) in [6, 6.07) is 8.49. The number of benzene rings is 1. The van der Waals surface area contributed by atoms with Crippen molar-refractivity contribution in [3.63, 3.8) is 0 Å². The molecule has 1 aliphatic heterocycles. The molecule has 0 bridgehead atoms. The number of halogens is 1. The molecule has 0 saturated carbocycles. The summed E-state index contributed by atoms with van der Waals surface area (Å²) in [6.45, 7) is 1.42. The Kier molecular flexibility index (Phi) is 8.86. The highest BCUT2D eigenvalue weighted by Gasteiger charge is 2.27. The quantitative estimate of drug-likeness (QED) is 0.302. The van der Waals surface area contributed by atoms with Crippen LogP contribution in [0.3, 0.4) is 0 Å². The van der Waals surface area contributed by atoms with E-state index in [1.165, 1.54) is 10.5 Å². The highest BCUT2D eigenvalue weighted by Crippen LogP contribution is 2.18. The average Bonchev–Trinajstić information content (AvgIpc) is 2.88. The standard InChI is InChI=1S/C16H25N3O2S2.HI/c1-17-16(18-10-14-8-9-23(20,21)12-14)19(2)11-13-4-6-15(22-3)7-5-13;/h4-7,14H,8-12H2,1-3H3,(H,17,18);1H. The molecular formula is C16H26IN3O2S2. The Morgan fingerprint density at radius 1 is 1.38 bits per heavy atom. The minimum Gasteiger partial charge on any atom is -0.356 e. The summed E-state index contributed by atoms with van der Waals surface area (Å²) in [7, 11) is 0.919. The zero-order valence-corrected chi connectivity index (χ0v) is 18.3. The zero-order valence-electron chi connectivity index (χ0n) is 14.4. The number of hydrogen-bond acceptors (Lipinski definition) is 4. The van der Waals surface area contributed by atoms with Gasteiger partial charge in [0, 0.05) is 32.1 Å². The van der Waals surface area contributed by atoms with E-state index in [-0.39, 0.29) is 35.6 Å². The SMILES string of the molecule is CN=C(NCC1CCS(=O)(=O)C1)N(C)Cc1ccc(SC)cc1.I. The Morgan fingerprint density at radius 3 is 2.54 bits per heavy atom. The molecule has 0 aromatic heterocycles. The number of guanidine groups is 1. The smallest absolute Gasteiger partial charge is 0.193 e. The fourth-order valence-electron chi connectivity index (χ4n) is 2.73. The van der Waals surface area contributed by atoms with Crippen LogP contribution in [-0.4, -0.2) is 57.7 Å². The Bertz CT molecular complexity index is 648. The Morgan fingerprint density at radius 2 is 2.04 bits per heavy atom. The third kappa shape index (κ3) is 6.44. The fraction of sp³-hybridized carbons (Fsp3) is 0.562. The van der Waals surface area contributed by atoms with E-state index in [2.05, 4.69) is 45.7 Å². The molecule has 1 saturated heterocycles. The van der Waals surface area contributed by atoms with Gasteiger partial charge in [0.2, 0.25) is 0 Å². The molecule has 0 aliphatic carbocycles. The highest BCUT2D eigenvalue weighted by molar-refractivity contribution is 14.0. The molecule has 5 nitrogen and oxygen atoms in total. The van der Waals surface area contributed by atoms with E-state index in [1.807, 2.05) is 7.05 Å². The Balaban J connectivity index is 0.00000288. The van der Waals surface area contributed by atoms with E-state index in [0.29, 0.717) is 12.3 Å². The van der Waals surface area contributed by atoms with E-state index >= 15 is 0 Å². The third-order valence-electron chi connectivity index (χ3n) is 4.03. The van der Waals surface area contributed by atoms with Gasteiger partial charge in [-0.3, -0.25) is 4.99 Å². The van der Waals surface area contributed by atoms with Gasteiger partial charge in [0.1, 0.15) is 0 Å². The van der Waals surface area contributed by atoms with E-state index < -0.39 is 9.84 Å². The third-order valence-corrected chi connectivity index (χ3v) is 6.61. The lowest BCUT2D eigenvalue weighted by Gasteiger charge is -2.23. The van der Waals surface area contributed by atoms with Crippen LogP contribution in [0.15, 0.2) is 34.2 Å². The maximum absolute atomic E-state index is 11.5. The van der Waals surface area contributed by atoms with Crippen LogP contribution < -0.4 is 5.32 Å². The first-order chi connectivity index (χ1) is 10.9. The van der Waals surface area contributed by atoms with Gasteiger partial charge in [-0.15, -0.1) is 35.7 Å². The Labute approximate surface area is 166 Å². The summed E-state index contributed by atoms with van der Waals surface area (Å²) in [6.07, 6.45) is 2.81. The van der Waals surface area contributed by atoms with E-state index in [1.54, 1.807) is 18.8 Å². The van der Waals surface area contributed by atoms with Gasteiger partial charge in [0.05, 0.1) is 11.5 Å². The molecule has 2 rings (SSSR count). The summed E-state index contributed by atoms with van der Waals surface area (Å²) in [4.78, 5) is 7.60. The predicted octanol–water partition coefficient (Wildman–Crippen LogP) is 2.47. The van der Waals surface area contributed by atoms with Crippen molar-refractivity contribution in [1.29, 1.82) is 0 Å². The summed E-state index contributed by atoms with van der Waals surface area (Å²) < 4.78 is 23.0. The largest absolute Gasteiger partial charge is 0.356 e. The molecule has 1 unspecified atom stereocenters. The number of aliphatic imine (C=N–C) groups is 1. The molecule has 0 amide bonds. The van der Waals surface area contributed by atoms with Crippen molar-refractivity contribution in [3.8, 4) is 0 Å². The van der Waals surface area contributed by atoms with E-state index in [9.17, 15) is 8.42 Å². The van der Waals surface area contributed by atoms with Crippen molar-refractivity contribution < 1.29 is 8.42 Å². The molecule has 1 aliphatic rings. The first-order valence-corrected chi connectivity index (χ1v) is 10.7. The molecule has 1 aromatic carbocycles. The van der Waals surface area contributed by atoms with Crippen molar-refractivity contribution in [2.24, 2.45) is 10.9 Å². The minimum atomic E-state index is -2.82. The maximum Gasteiger partial charge on any atom is 0.193 e. The van der Waals surface area contributed by atoms with Crippen molar-refractivity contribution in [3.05, 3.63) is 29.8 Å². The van der Waals surface area contributed by atoms with Crippen LogP contribution in [0.4, 0.5) is 0 Å².